The van der Waals surface area contributed by atoms with Crippen molar-refractivity contribution < 1.29 is 13.5 Å². The van der Waals surface area contributed by atoms with Gasteiger partial charge < -0.3 is 5.11 Å². The van der Waals surface area contributed by atoms with Gasteiger partial charge in [-0.15, -0.1) is 0 Å². The van der Waals surface area contributed by atoms with Gasteiger partial charge in [0.2, 0.25) is 0 Å². The highest BCUT2D eigenvalue weighted by Gasteiger charge is 2.12. The lowest BCUT2D eigenvalue weighted by Gasteiger charge is -2.13. The minimum absolute atomic E-state index is 0.268. The van der Waals surface area contributed by atoms with E-state index in [0.717, 1.165) is 16.7 Å². The van der Waals surface area contributed by atoms with Crippen LogP contribution in [0.1, 0.15) is 22.8 Å². The first kappa shape index (κ1) is 14.8. The van der Waals surface area contributed by atoms with Gasteiger partial charge in [-0.25, -0.2) is 8.42 Å². The molecule has 0 saturated heterocycles. The van der Waals surface area contributed by atoms with Crippen LogP contribution in [0.4, 0.5) is 0 Å². The number of sulfone groups is 1. The molecular weight excluding hydrogens is 272 g/mol. The molecule has 0 aliphatic carbocycles. The van der Waals surface area contributed by atoms with E-state index in [0.29, 0.717) is 6.42 Å². The molecule has 0 spiro atoms. The van der Waals surface area contributed by atoms with Crippen molar-refractivity contribution in [1.82, 2.24) is 0 Å². The SMILES string of the molecule is Cc1ccccc1CC(O)c1ccc(S(C)(=O)=O)cc1. The molecule has 0 bridgehead atoms. The number of aliphatic hydroxyl groups is 1. The number of aliphatic hydroxyl groups excluding tert-OH is 1. The van der Waals surface area contributed by atoms with Crippen LogP contribution in [0.25, 0.3) is 0 Å². The molecule has 4 heteroatoms. The molecule has 0 saturated carbocycles. The third kappa shape index (κ3) is 3.46. The van der Waals surface area contributed by atoms with Gasteiger partial charge in [-0.3, -0.25) is 0 Å². The normalized spacial score (nSPS) is 13.2. The molecule has 2 rings (SSSR count). The van der Waals surface area contributed by atoms with Crippen LogP contribution in [0.3, 0.4) is 0 Å². The Labute approximate surface area is 119 Å². The molecule has 3 nitrogen and oxygen atoms in total. The Morgan fingerprint density at radius 2 is 1.65 bits per heavy atom. The van der Waals surface area contributed by atoms with Crippen molar-refractivity contribution in [3.8, 4) is 0 Å². The summed E-state index contributed by atoms with van der Waals surface area (Å²) in [5.41, 5.74) is 2.95. The molecule has 2 aromatic carbocycles. The number of benzene rings is 2. The Morgan fingerprint density at radius 3 is 2.20 bits per heavy atom. The Kier molecular flexibility index (Phi) is 4.26. The molecule has 0 radical (unpaired) electrons. The van der Waals surface area contributed by atoms with Crippen LogP contribution in [-0.4, -0.2) is 19.8 Å². The van der Waals surface area contributed by atoms with Crippen LogP contribution in [-0.2, 0) is 16.3 Å². The van der Waals surface area contributed by atoms with E-state index in [1.807, 2.05) is 31.2 Å². The van der Waals surface area contributed by atoms with Gasteiger partial charge >= 0.3 is 0 Å². The molecule has 0 heterocycles. The van der Waals surface area contributed by atoms with Crippen LogP contribution in [0, 0.1) is 6.92 Å². The average Bonchev–Trinajstić information content (AvgIpc) is 2.40. The highest BCUT2D eigenvalue weighted by molar-refractivity contribution is 7.90. The fourth-order valence-electron chi connectivity index (χ4n) is 2.10. The zero-order chi connectivity index (χ0) is 14.8. The molecule has 0 aliphatic heterocycles. The third-order valence-electron chi connectivity index (χ3n) is 3.37. The molecule has 106 valence electrons. The van der Waals surface area contributed by atoms with Crippen molar-refractivity contribution in [2.75, 3.05) is 6.26 Å². The van der Waals surface area contributed by atoms with Gasteiger partial charge in [0.25, 0.3) is 0 Å². The van der Waals surface area contributed by atoms with Gasteiger partial charge in [-0.2, -0.15) is 0 Å². The summed E-state index contributed by atoms with van der Waals surface area (Å²) in [7, 11) is -3.19. The molecule has 1 atom stereocenters. The Bertz CT molecular complexity index is 688. The monoisotopic (exact) mass is 290 g/mol. The van der Waals surface area contributed by atoms with Gasteiger partial charge in [0.05, 0.1) is 11.0 Å². The Morgan fingerprint density at radius 1 is 1.05 bits per heavy atom. The van der Waals surface area contributed by atoms with Crippen LogP contribution in [0.2, 0.25) is 0 Å². The maximum atomic E-state index is 11.4. The molecule has 0 aromatic heterocycles. The zero-order valence-electron chi connectivity index (χ0n) is 11.6. The van der Waals surface area contributed by atoms with Crippen molar-refractivity contribution in [3.63, 3.8) is 0 Å². The van der Waals surface area contributed by atoms with E-state index >= 15 is 0 Å². The van der Waals surface area contributed by atoms with Crippen molar-refractivity contribution >= 4 is 9.84 Å². The maximum absolute atomic E-state index is 11.4. The maximum Gasteiger partial charge on any atom is 0.175 e. The zero-order valence-corrected chi connectivity index (χ0v) is 12.4. The second-order valence-corrected chi connectivity index (χ2v) is 7.00. The number of aryl methyl sites for hydroxylation is 1. The van der Waals surface area contributed by atoms with Crippen LogP contribution < -0.4 is 0 Å². The summed E-state index contributed by atoms with van der Waals surface area (Å²) in [5, 5.41) is 10.2. The summed E-state index contributed by atoms with van der Waals surface area (Å²) < 4.78 is 22.8. The van der Waals surface area contributed by atoms with Gasteiger partial charge in [0.15, 0.2) is 9.84 Å². The first-order chi connectivity index (χ1) is 9.38. The van der Waals surface area contributed by atoms with Crippen LogP contribution in [0.5, 0.6) is 0 Å². The molecule has 0 fully saturated rings. The van der Waals surface area contributed by atoms with E-state index in [9.17, 15) is 13.5 Å². The minimum Gasteiger partial charge on any atom is -0.388 e. The smallest absolute Gasteiger partial charge is 0.175 e. The number of rotatable bonds is 4. The quantitative estimate of drug-likeness (QED) is 0.942. The summed E-state index contributed by atoms with van der Waals surface area (Å²) in [6.45, 7) is 2.01. The van der Waals surface area contributed by atoms with E-state index in [1.54, 1.807) is 12.1 Å². The van der Waals surface area contributed by atoms with Gasteiger partial charge in [0.1, 0.15) is 0 Å². The van der Waals surface area contributed by atoms with Gasteiger partial charge in [-0.1, -0.05) is 36.4 Å². The van der Waals surface area contributed by atoms with Crippen molar-refractivity contribution in [2.24, 2.45) is 0 Å². The summed E-state index contributed by atoms with van der Waals surface area (Å²) in [4.78, 5) is 0.268. The van der Waals surface area contributed by atoms with E-state index in [1.165, 1.54) is 18.4 Å². The predicted octanol–water partition coefficient (Wildman–Crippen LogP) is 2.67. The first-order valence-corrected chi connectivity index (χ1v) is 8.29. The largest absolute Gasteiger partial charge is 0.388 e. The lowest BCUT2D eigenvalue weighted by atomic mass is 9.98. The summed E-state index contributed by atoms with van der Waals surface area (Å²) in [6.07, 6.45) is 1.06. The molecule has 1 unspecified atom stereocenters. The fraction of sp³-hybridized carbons (Fsp3) is 0.250. The lowest BCUT2D eigenvalue weighted by Crippen LogP contribution is -2.04. The predicted molar refractivity (Wildman–Crippen MR) is 79.4 cm³/mol. The second kappa shape index (κ2) is 5.77. The van der Waals surface area contributed by atoms with Crippen molar-refractivity contribution in [3.05, 3.63) is 65.2 Å². The molecule has 0 amide bonds. The topological polar surface area (TPSA) is 54.4 Å². The van der Waals surface area contributed by atoms with E-state index in [2.05, 4.69) is 0 Å². The standard InChI is InChI=1S/C16H18O3S/c1-12-5-3-4-6-14(12)11-16(17)13-7-9-15(10-8-13)20(2,18)19/h3-10,16-17H,11H2,1-2H3. The third-order valence-corrected chi connectivity index (χ3v) is 4.50. The Hall–Kier alpha value is -1.65. The van der Waals surface area contributed by atoms with Gasteiger partial charge in [0, 0.05) is 12.7 Å². The first-order valence-electron chi connectivity index (χ1n) is 6.40. The summed E-state index contributed by atoms with van der Waals surface area (Å²) >= 11 is 0. The summed E-state index contributed by atoms with van der Waals surface area (Å²) in [6, 6.07) is 14.3. The average molecular weight is 290 g/mol. The molecule has 0 aliphatic rings. The van der Waals surface area contributed by atoms with Crippen LogP contribution >= 0.6 is 0 Å². The van der Waals surface area contributed by atoms with Gasteiger partial charge in [-0.05, 0) is 35.7 Å². The second-order valence-electron chi connectivity index (χ2n) is 4.99. The van der Waals surface area contributed by atoms with E-state index in [4.69, 9.17) is 0 Å². The number of hydrogen-bond acceptors (Lipinski definition) is 3. The lowest BCUT2D eigenvalue weighted by molar-refractivity contribution is 0.178. The highest BCUT2D eigenvalue weighted by Crippen LogP contribution is 2.21. The van der Waals surface area contributed by atoms with E-state index in [-0.39, 0.29) is 4.90 Å². The molecule has 1 N–H and O–H groups in total. The number of hydrogen-bond donors (Lipinski definition) is 1. The molecule has 2 aromatic rings. The summed E-state index contributed by atoms with van der Waals surface area (Å²) in [5.74, 6) is 0. The van der Waals surface area contributed by atoms with Crippen LogP contribution in [0.15, 0.2) is 53.4 Å². The Balaban J connectivity index is 2.18. The molecule has 20 heavy (non-hydrogen) atoms. The fourth-order valence-corrected chi connectivity index (χ4v) is 2.73. The van der Waals surface area contributed by atoms with Crippen molar-refractivity contribution in [1.29, 1.82) is 0 Å². The van der Waals surface area contributed by atoms with E-state index < -0.39 is 15.9 Å². The highest BCUT2D eigenvalue weighted by atomic mass is 32.2. The van der Waals surface area contributed by atoms with Crippen molar-refractivity contribution in [2.45, 2.75) is 24.3 Å². The minimum atomic E-state index is -3.19. The molecular formula is C16H18O3S.